The third kappa shape index (κ3) is 6.93. The molecule has 166 valence electrons. The number of ether oxygens (including phenoxy) is 2. The number of para-hydroxylation sites is 2. The second-order valence-electron chi connectivity index (χ2n) is 8.51. The van der Waals surface area contributed by atoms with Gasteiger partial charge in [0.25, 0.3) is 0 Å². The Bertz CT molecular complexity index is 759. The van der Waals surface area contributed by atoms with E-state index in [1.165, 1.54) is 11.9 Å². The van der Waals surface area contributed by atoms with Crippen LogP contribution in [0.4, 0.5) is 10.5 Å². The molecular weight excluding hydrogens is 386 g/mol. The normalized spacial score (nSPS) is 18.6. The molecule has 1 heterocycles. The lowest BCUT2D eigenvalue weighted by atomic mass is 10.1. The topological polar surface area (TPSA) is 97.0 Å². The minimum Gasteiger partial charge on any atom is -0.491 e. The van der Waals surface area contributed by atoms with Gasteiger partial charge in [-0.25, -0.2) is 4.79 Å². The molecule has 0 saturated carbocycles. The van der Waals surface area contributed by atoms with Crippen LogP contribution >= 0.6 is 0 Å². The van der Waals surface area contributed by atoms with Crippen LogP contribution in [0.25, 0.3) is 0 Å². The number of hydrogen-bond donors (Lipinski definition) is 2. The summed E-state index contributed by atoms with van der Waals surface area (Å²) in [7, 11) is 1.50. The molecule has 2 N–H and O–H groups in total. The van der Waals surface area contributed by atoms with E-state index in [4.69, 9.17) is 9.47 Å². The van der Waals surface area contributed by atoms with Gasteiger partial charge in [0.05, 0.1) is 12.3 Å². The van der Waals surface area contributed by atoms with E-state index < -0.39 is 29.7 Å². The van der Waals surface area contributed by atoms with Crippen molar-refractivity contribution in [2.75, 3.05) is 19.0 Å². The lowest BCUT2D eigenvalue weighted by Gasteiger charge is -2.29. The van der Waals surface area contributed by atoms with Gasteiger partial charge in [-0.1, -0.05) is 18.6 Å². The van der Waals surface area contributed by atoms with Crippen LogP contribution in [0.2, 0.25) is 0 Å². The number of anilines is 1. The zero-order valence-corrected chi connectivity index (χ0v) is 18.5. The van der Waals surface area contributed by atoms with E-state index in [1.807, 2.05) is 12.1 Å². The van der Waals surface area contributed by atoms with E-state index in [0.717, 1.165) is 19.3 Å². The van der Waals surface area contributed by atoms with E-state index in [0.29, 0.717) is 24.5 Å². The molecule has 0 bridgehead atoms. The van der Waals surface area contributed by atoms with Crippen LogP contribution in [-0.4, -0.2) is 54.1 Å². The fourth-order valence-corrected chi connectivity index (χ4v) is 2.95. The van der Waals surface area contributed by atoms with E-state index in [2.05, 4.69) is 10.6 Å². The summed E-state index contributed by atoms with van der Waals surface area (Å²) in [4.78, 5) is 39.1. The Labute approximate surface area is 178 Å². The Morgan fingerprint density at radius 2 is 1.93 bits per heavy atom. The first-order chi connectivity index (χ1) is 14.1. The quantitative estimate of drug-likeness (QED) is 0.783. The van der Waals surface area contributed by atoms with Crippen molar-refractivity contribution in [1.29, 1.82) is 0 Å². The summed E-state index contributed by atoms with van der Waals surface area (Å²) in [6.45, 7) is 7.46. The average molecular weight is 420 g/mol. The van der Waals surface area contributed by atoms with Crippen molar-refractivity contribution in [1.82, 2.24) is 10.2 Å². The minimum absolute atomic E-state index is 0.312. The van der Waals surface area contributed by atoms with Crippen LogP contribution in [0, 0.1) is 0 Å². The molecule has 2 unspecified atom stereocenters. The van der Waals surface area contributed by atoms with Gasteiger partial charge in [-0.05, 0) is 59.1 Å². The summed E-state index contributed by atoms with van der Waals surface area (Å²) >= 11 is 0. The molecule has 0 spiro atoms. The van der Waals surface area contributed by atoms with Gasteiger partial charge in [0.1, 0.15) is 23.4 Å². The smallest absolute Gasteiger partial charge is 0.410 e. The largest absolute Gasteiger partial charge is 0.491 e. The number of amides is 3. The highest BCUT2D eigenvalue weighted by Crippen LogP contribution is 2.25. The molecule has 30 heavy (non-hydrogen) atoms. The number of carbonyl (C=O) groups excluding carboxylic acids is 3. The molecule has 0 saturated heterocycles. The summed E-state index contributed by atoms with van der Waals surface area (Å²) in [5, 5.41) is 5.64. The van der Waals surface area contributed by atoms with E-state index in [9.17, 15) is 14.4 Å². The zero-order chi connectivity index (χ0) is 22.3. The van der Waals surface area contributed by atoms with Crippen LogP contribution in [0.1, 0.15) is 53.4 Å². The van der Waals surface area contributed by atoms with Crippen LogP contribution in [0.3, 0.4) is 0 Å². The number of nitrogens with one attached hydrogen (secondary N) is 2. The van der Waals surface area contributed by atoms with Crippen molar-refractivity contribution in [3.8, 4) is 5.75 Å². The first-order valence-electron chi connectivity index (χ1n) is 10.4. The number of carbonyl (C=O) groups is 3. The SMILES string of the molecule is CC(C(=O)NC1CCCCCOc2ccccc2NC1=O)N(C)C(=O)OC(C)(C)C. The van der Waals surface area contributed by atoms with E-state index >= 15 is 0 Å². The highest BCUT2D eigenvalue weighted by atomic mass is 16.6. The zero-order valence-electron chi connectivity index (χ0n) is 18.5. The molecule has 0 aromatic heterocycles. The Hall–Kier alpha value is -2.77. The van der Waals surface area contributed by atoms with Crippen molar-refractivity contribution < 1.29 is 23.9 Å². The molecule has 1 aliphatic heterocycles. The lowest BCUT2D eigenvalue weighted by Crippen LogP contribution is -2.52. The summed E-state index contributed by atoms with van der Waals surface area (Å²) in [6, 6.07) is 5.73. The molecule has 2 atom stereocenters. The van der Waals surface area contributed by atoms with Gasteiger partial charge < -0.3 is 20.1 Å². The molecule has 0 aliphatic carbocycles. The lowest BCUT2D eigenvalue weighted by molar-refractivity contribution is -0.129. The van der Waals surface area contributed by atoms with Crippen molar-refractivity contribution in [2.24, 2.45) is 0 Å². The average Bonchev–Trinajstić information content (AvgIpc) is 2.70. The van der Waals surface area contributed by atoms with Crippen LogP contribution < -0.4 is 15.4 Å². The van der Waals surface area contributed by atoms with Gasteiger partial charge in [-0.3, -0.25) is 14.5 Å². The maximum absolute atomic E-state index is 12.9. The fraction of sp³-hybridized carbons (Fsp3) is 0.591. The number of rotatable bonds is 3. The first-order valence-corrected chi connectivity index (χ1v) is 10.4. The van der Waals surface area contributed by atoms with Gasteiger partial charge in [0.15, 0.2) is 0 Å². The molecule has 3 amide bonds. The molecule has 1 aromatic carbocycles. The number of fused-ring (bicyclic) bond motifs is 1. The second kappa shape index (κ2) is 10.3. The number of nitrogens with zero attached hydrogens (tertiary/aromatic N) is 1. The van der Waals surface area contributed by atoms with Crippen LogP contribution in [0.5, 0.6) is 5.75 Å². The summed E-state index contributed by atoms with van der Waals surface area (Å²) in [5.74, 6) is -0.118. The third-order valence-corrected chi connectivity index (χ3v) is 4.81. The minimum atomic E-state index is -0.790. The molecular formula is C22H33N3O5. The summed E-state index contributed by atoms with van der Waals surface area (Å²) in [5.41, 5.74) is -0.0892. The van der Waals surface area contributed by atoms with Gasteiger partial charge in [-0.15, -0.1) is 0 Å². The number of hydrogen-bond acceptors (Lipinski definition) is 5. The third-order valence-electron chi connectivity index (χ3n) is 4.81. The Morgan fingerprint density at radius 3 is 2.63 bits per heavy atom. The van der Waals surface area contributed by atoms with Crippen molar-refractivity contribution in [3.63, 3.8) is 0 Å². The number of likely N-dealkylation sites (N-methyl/N-ethyl adjacent to an activating group) is 1. The van der Waals surface area contributed by atoms with Gasteiger partial charge in [-0.2, -0.15) is 0 Å². The molecule has 8 heteroatoms. The Kier molecular flexibility index (Phi) is 8.08. The van der Waals surface area contributed by atoms with E-state index in [1.54, 1.807) is 39.8 Å². The number of benzene rings is 1. The molecule has 8 nitrogen and oxygen atoms in total. The molecule has 0 fully saturated rings. The summed E-state index contributed by atoms with van der Waals surface area (Å²) < 4.78 is 11.1. The predicted molar refractivity (Wildman–Crippen MR) is 114 cm³/mol. The van der Waals surface area contributed by atoms with Crippen LogP contribution in [0.15, 0.2) is 24.3 Å². The maximum Gasteiger partial charge on any atom is 0.410 e. The van der Waals surface area contributed by atoms with Crippen molar-refractivity contribution in [3.05, 3.63) is 24.3 Å². The van der Waals surface area contributed by atoms with Gasteiger partial charge in [0, 0.05) is 7.05 Å². The van der Waals surface area contributed by atoms with Crippen LogP contribution in [-0.2, 0) is 14.3 Å². The standard InChI is InChI=1S/C22H33N3O5/c1-15(25(5)21(28)30-22(2,3)4)19(26)24-17-12-7-6-10-14-29-18-13-9-8-11-16(18)23-20(17)27/h8-9,11,13,15,17H,6-7,10,12,14H2,1-5H3,(H,23,27)(H,24,26). The van der Waals surface area contributed by atoms with Crippen molar-refractivity contribution >= 4 is 23.6 Å². The Balaban J connectivity index is 2.08. The monoisotopic (exact) mass is 419 g/mol. The van der Waals surface area contributed by atoms with Gasteiger partial charge >= 0.3 is 6.09 Å². The molecule has 2 rings (SSSR count). The second-order valence-corrected chi connectivity index (χ2v) is 8.51. The molecule has 0 radical (unpaired) electrons. The van der Waals surface area contributed by atoms with Gasteiger partial charge in [0.2, 0.25) is 11.8 Å². The highest BCUT2D eigenvalue weighted by Gasteiger charge is 2.30. The Morgan fingerprint density at radius 1 is 1.23 bits per heavy atom. The molecule has 1 aromatic rings. The van der Waals surface area contributed by atoms with Crippen molar-refractivity contribution in [2.45, 2.75) is 71.1 Å². The predicted octanol–water partition coefficient (Wildman–Crippen LogP) is 3.32. The summed E-state index contributed by atoms with van der Waals surface area (Å²) in [6.07, 6.45) is 2.43. The maximum atomic E-state index is 12.9. The first kappa shape index (κ1) is 23.5. The molecule has 1 aliphatic rings. The fourth-order valence-electron chi connectivity index (χ4n) is 2.95. The highest BCUT2D eigenvalue weighted by molar-refractivity contribution is 5.99. The van der Waals surface area contributed by atoms with E-state index in [-0.39, 0.29) is 5.91 Å².